The Morgan fingerprint density at radius 2 is 1.94 bits per heavy atom. The Morgan fingerprint density at radius 1 is 1.11 bits per heavy atom. The van der Waals surface area contributed by atoms with Crippen LogP contribution in [0.2, 0.25) is 0 Å². The standard InChI is InChI=1S/C14H13BrFNS/c15-11-4-3-5-12(10-11)18-9-8-17-14-7-2-1-6-13(14)16/h1-7,10,17H,8-9H2. The molecule has 0 saturated carbocycles. The van der Waals surface area contributed by atoms with Crippen molar-refractivity contribution in [3.63, 3.8) is 0 Å². The SMILES string of the molecule is Fc1ccccc1NCCSc1cccc(Br)c1. The number of halogens is 2. The molecule has 0 aliphatic rings. The van der Waals surface area contributed by atoms with Crippen LogP contribution in [0, 0.1) is 5.82 Å². The number of nitrogens with one attached hydrogen (secondary N) is 1. The van der Waals surface area contributed by atoms with Gasteiger partial charge < -0.3 is 5.32 Å². The molecule has 0 atom stereocenters. The van der Waals surface area contributed by atoms with Gasteiger partial charge in [0.25, 0.3) is 0 Å². The van der Waals surface area contributed by atoms with Gasteiger partial charge in [-0.3, -0.25) is 0 Å². The summed E-state index contributed by atoms with van der Waals surface area (Å²) in [5.74, 6) is 0.690. The van der Waals surface area contributed by atoms with E-state index in [1.165, 1.54) is 11.0 Å². The average Bonchev–Trinajstić information content (AvgIpc) is 2.37. The summed E-state index contributed by atoms with van der Waals surface area (Å²) < 4.78 is 14.4. The second-order valence-electron chi connectivity index (χ2n) is 3.71. The second kappa shape index (κ2) is 6.81. The van der Waals surface area contributed by atoms with Gasteiger partial charge in [0.15, 0.2) is 0 Å². The van der Waals surface area contributed by atoms with Gasteiger partial charge in [-0.2, -0.15) is 0 Å². The Balaban J connectivity index is 1.78. The summed E-state index contributed by atoms with van der Waals surface area (Å²) in [4.78, 5) is 1.21. The summed E-state index contributed by atoms with van der Waals surface area (Å²) in [6.07, 6.45) is 0. The fourth-order valence-corrected chi connectivity index (χ4v) is 2.89. The highest BCUT2D eigenvalue weighted by molar-refractivity contribution is 9.10. The number of rotatable bonds is 5. The molecule has 0 fully saturated rings. The van der Waals surface area contributed by atoms with Crippen LogP contribution in [0.25, 0.3) is 0 Å². The number of thioether (sulfide) groups is 1. The fraction of sp³-hybridized carbons (Fsp3) is 0.143. The van der Waals surface area contributed by atoms with Crippen LogP contribution in [0.4, 0.5) is 10.1 Å². The summed E-state index contributed by atoms with van der Waals surface area (Å²) in [6, 6.07) is 14.9. The lowest BCUT2D eigenvalue weighted by atomic mass is 10.3. The van der Waals surface area contributed by atoms with Gasteiger partial charge in [-0.25, -0.2) is 4.39 Å². The van der Waals surface area contributed by atoms with Gasteiger partial charge in [0.1, 0.15) is 5.82 Å². The highest BCUT2D eigenvalue weighted by atomic mass is 79.9. The van der Waals surface area contributed by atoms with E-state index in [0.29, 0.717) is 5.69 Å². The van der Waals surface area contributed by atoms with Gasteiger partial charge in [0.2, 0.25) is 0 Å². The van der Waals surface area contributed by atoms with E-state index in [4.69, 9.17) is 0 Å². The van der Waals surface area contributed by atoms with E-state index in [1.807, 2.05) is 18.2 Å². The zero-order valence-electron chi connectivity index (χ0n) is 9.70. The first-order chi connectivity index (χ1) is 8.75. The van der Waals surface area contributed by atoms with Crippen LogP contribution < -0.4 is 5.32 Å². The Labute approximate surface area is 119 Å². The third-order valence-corrected chi connectivity index (χ3v) is 3.84. The monoisotopic (exact) mass is 325 g/mol. The number of benzene rings is 2. The predicted octanol–water partition coefficient (Wildman–Crippen LogP) is 4.79. The van der Waals surface area contributed by atoms with Crippen LogP contribution in [-0.2, 0) is 0 Å². The van der Waals surface area contributed by atoms with Gasteiger partial charge in [0.05, 0.1) is 5.69 Å². The molecule has 0 aliphatic carbocycles. The fourth-order valence-electron chi connectivity index (χ4n) is 1.52. The lowest BCUT2D eigenvalue weighted by molar-refractivity contribution is 0.630. The zero-order chi connectivity index (χ0) is 12.8. The van der Waals surface area contributed by atoms with Crippen LogP contribution in [0.15, 0.2) is 57.9 Å². The van der Waals surface area contributed by atoms with Crippen LogP contribution in [0.1, 0.15) is 0 Å². The number of para-hydroxylation sites is 1. The highest BCUT2D eigenvalue weighted by Crippen LogP contribution is 2.22. The topological polar surface area (TPSA) is 12.0 Å². The van der Waals surface area contributed by atoms with Crippen LogP contribution >= 0.6 is 27.7 Å². The molecule has 0 heterocycles. The summed E-state index contributed by atoms with van der Waals surface area (Å²) in [5, 5.41) is 3.09. The predicted molar refractivity (Wildman–Crippen MR) is 79.8 cm³/mol. The van der Waals surface area contributed by atoms with Crippen molar-refractivity contribution in [1.82, 2.24) is 0 Å². The Kier molecular flexibility index (Phi) is 5.08. The molecule has 0 bridgehead atoms. The molecule has 0 aromatic heterocycles. The molecule has 0 aliphatic heterocycles. The van der Waals surface area contributed by atoms with Gasteiger partial charge in [-0.05, 0) is 30.3 Å². The van der Waals surface area contributed by atoms with E-state index in [1.54, 1.807) is 23.9 Å². The maximum atomic E-state index is 13.3. The van der Waals surface area contributed by atoms with Crippen LogP contribution in [0.3, 0.4) is 0 Å². The maximum absolute atomic E-state index is 13.3. The molecule has 0 saturated heterocycles. The van der Waals surface area contributed by atoms with E-state index in [0.717, 1.165) is 16.8 Å². The smallest absolute Gasteiger partial charge is 0.146 e. The van der Waals surface area contributed by atoms with Crippen molar-refractivity contribution in [2.24, 2.45) is 0 Å². The van der Waals surface area contributed by atoms with Crippen molar-refractivity contribution in [2.75, 3.05) is 17.6 Å². The Morgan fingerprint density at radius 3 is 2.72 bits per heavy atom. The van der Waals surface area contributed by atoms with Gasteiger partial charge >= 0.3 is 0 Å². The molecule has 2 aromatic carbocycles. The molecular weight excluding hydrogens is 313 g/mol. The maximum Gasteiger partial charge on any atom is 0.146 e. The van der Waals surface area contributed by atoms with E-state index in [-0.39, 0.29) is 5.82 Å². The van der Waals surface area contributed by atoms with Gasteiger partial charge in [-0.1, -0.05) is 34.1 Å². The number of hydrogen-bond donors (Lipinski definition) is 1. The van der Waals surface area contributed by atoms with Crippen molar-refractivity contribution >= 4 is 33.4 Å². The van der Waals surface area contributed by atoms with Crippen molar-refractivity contribution in [3.05, 3.63) is 58.8 Å². The molecule has 2 aromatic rings. The molecule has 0 spiro atoms. The van der Waals surface area contributed by atoms with Gasteiger partial charge in [0, 0.05) is 21.7 Å². The summed E-state index contributed by atoms with van der Waals surface area (Å²) in [5.41, 5.74) is 0.562. The highest BCUT2D eigenvalue weighted by Gasteiger charge is 1.99. The average molecular weight is 326 g/mol. The Hall–Kier alpha value is -1.00. The van der Waals surface area contributed by atoms with Crippen LogP contribution in [-0.4, -0.2) is 12.3 Å². The van der Waals surface area contributed by atoms with E-state index in [2.05, 4.69) is 33.4 Å². The first-order valence-electron chi connectivity index (χ1n) is 5.62. The molecule has 0 unspecified atom stereocenters. The van der Waals surface area contributed by atoms with Crippen molar-refractivity contribution in [3.8, 4) is 0 Å². The number of anilines is 1. The molecule has 0 amide bonds. The third-order valence-electron chi connectivity index (χ3n) is 2.36. The first kappa shape index (κ1) is 13.4. The van der Waals surface area contributed by atoms with Crippen molar-refractivity contribution in [1.29, 1.82) is 0 Å². The number of hydrogen-bond acceptors (Lipinski definition) is 2. The molecule has 4 heteroatoms. The van der Waals surface area contributed by atoms with E-state index in [9.17, 15) is 4.39 Å². The minimum atomic E-state index is -0.204. The zero-order valence-corrected chi connectivity index (χ0v) is 12.1. The summed E-state index contributed by atoms with van der Waals surface area (Å²) >= 11 is 5.18. The Bertz CT molecular complexity index is 519. The molecule has 18 heavy (non-hydrogen) atoms. The van der Waals surface area contributed by atoms with Crippen LogP contribution in [0.5, 0.6) is 0 Å². The molecule has 1 nitrogen and oxygen atoms in total. The lowest BCUT2D eigenvalue weighted by Gasteiger charge is -2.07. The molecule has 1 N–H and O–H groups in total. The normalized spacial score (nSPS) is 10.3. The second-order valence-corrected chi connectivity index (χ2v) is 5.80. The van der Waals surface area contributed by atoms with Crippen molar-refractivity contribution < 1.29 is 4.39 Å². The summed E-state index contributed by atoms with van der Waals surface area (Å²) in [7, 11) is 0. The first-order valence-corrected chi connectivity index (χ1v) is 7.40. The van der Waals surface area contributed by atoms with E-state index >= 15 is 0 Å². The van der Waals surface area contributed by atoms with E-state index < -0.39 is 0 Å². The third kappa shape index (κ3) is 4.03. The quantitative estimate of drug-likeness (QED) is 0.626. The molecule has 94 valence electrons. The lowest BCUT2D eigenvalue weighted by Crippen LogP contribution is -2.05. The minimum absolute atomic E-state index is 0.204. The summed E-state index contributed by atoms with van der Waals surface area (Å²) in [6.45, 7) is 0.734. The molecule has 2 rings (SSSR count). The molecule has 0 radical (unpaired) electrons. The largest absolute Gasteiger partial charge is 0.382 e. The molecular formula is C14H13BrFNS. The van der Waals surface area contributed by atoms with Crippen molar-refractivity contribution in [2.45, 2.75) is 4.90 Å². The van der Waals surface area contributed by atoms with Gasteiger partial charge in [-0.15, -0.1) is 11.8 Å². The minimum Gasteiger partial charge on any atom is -0.382 e.